The van der Waals surface area contributed by atoms with E-state index in [1.54, 1.807) is 0 Å². The molecule has 0 N–H and O–H groups in total. The topological polar surface area (TPSA) is 24.9 Å². The first-order valence-corrected chi connectivity index (χ1v) is 7.38. The summed E-state index contributed by atoms with van der Waals surface area (Å²) in [6.07, 6.45) is 0. The Hall–Kier alpha value is -1.26. The van der Waals surface area contributed by atoms with E-state index < -0.39 is 0 Å². The van der Waals surface area contributed by atoms with Crippen molar-refractivity contribution >= 4 is 0 Å². The molecule has 3 rings (SSSR count). The lowest BCUT2D eigenvalue weighted by Crippen LogP contribution is -2.53. The molecule has 0 aliphatic carbocycles. The Bertz CT molecular complexity index is 474. The number of ether oxygens (including phenoxy) is 2. The minimum Gasteiger partial charge on any atom is -0.454 e. The van der Waals surface area contributed by atoms with Gasteiger partial charge in [-0.1, -0.05) is 6.07 Å². The van der Waals surface area contributed by atoms with Gasteiger partial charge < -0.3 is 9.47 Å². The third-order valence-corrected chi connectivity index (χ3v) is 4.16. The van der Waals surface area contributed by atoms with E-state index in [4.69, 9.17) is 9.47 Å². The fourth-order valence-corrected chi connectivity index (χ4v) is 2.87. The number of piperazine rings is 1. The van der Waals surface area contributed by atoms with Gasteiger partial charge in [-0.3, -0.25) is 9.80 Å². The Morgan fingerprint density at radius 3 is 2.40 bits per heavy atom. The van der Waals surface area contributed by atoms with Gasteiger partial charge in [0.15, 0.2) is 11.5 Å². The molecule has 2 heterocycles. The highest BCUT2D eigenvalue weighted by atomic mass is 16.7. The quantitative estimate of drug-likeness (QED) is 0.828. The van der Waals surface area contributed by atoms with Crippen LogP contribution in [0.5, 0.6) is 11.5 Å². The summed E-state index contributed by atoms with van der Waals surface area (Å²) < 4.78 is 10.8. The van der Waals surface area contributed by atoms with Gasteiger partial charge in [-0.25, -0.2) is 0 Å². The molecule has 0 unspecified atom stereocenters. The average molecular weight is 276 g/mol. The Labute approximate surface area is 121 Å². The molecule has 0 aromatic heterocycles. The lowest BCUT2D eigenvalue weighted by molar-refractivity contribution is 0.0591. The van der Waals surface area contributed by atoms with Crippen LogP contribution in [0.15, 0.2) is 18.2 Å². The fraction of sp³-hybridized carbons (Fsp3) is 0.625. The maximum Gasteiger partial charge on any atom is 0.231 e. The molecule has 0 bridgehead atoms. The molecular formula is C16H24N2O2. The van der Waals surface area contributed by atoms with Crippen LogP contribution < -0.4 is 9.47 Å². The van der Waals surface area contributed by atoms with Crippen molar-refractivity contribution in [1.29, 1.82) is 0 Å². The minimum absolute atomic E-state index is 0.283. The van der Waals surface area contributed by atoms with Crippen molar-refractivity contribution in [2.24, 2.45) is 0 Å². The fourth-order valence-electron chi connectivity index (χ4n) is 2.87. The van der Waals surface area contributed by atoms with Gasteiger partial charge in [-0.15, -0.1) is 0 Å². The molecule has 1 saturated heterocycles. The molecule has 0 spiro atoms. The number of hydrogen-bond donors (Lipinski definition) is 0. The van der Waals surface area contributed by atoms with Gasteiger partial charge in [0.05, 0.1) is 0 Å². The maximum absolute atomic E-state index is 5.44. The van der Waals surface area contributed by atoms with Gasteiger partial charge in [-0.05, 0) is 38.5 Å². The normalized spacial score (nSPS) is 20.4. The van der Waals surface area contributed by atoms with Gasteiger partial charge >= 0.3 is 0 Å². The van der Waals surface area contributed by atoms with Crippen LogP contribution in [-0.4, -0.2) is 48.3 Å². The Morgan fingerprint density at radius 2 is 1.70 bits per heavy atom. The molecule has 1 aromatic rings. The van der Waals surface area contributed by atoms with Crippen LogP contribution in [0.4, 0.5) is 0 Å². The zero-order valence-electron chi connectivity index (χ0n) is 12.7. The zero-order valence-corrected chi connectivity index (χ0v) is 12.7. The SMILES string of the molecule is CC(C)(C)N1CCN(Cc2ccc3c(c2)OCO3)CC1. The first-order valence-electron chi connectivity index (χ1n) is 7.38. The predicted molar refractivity (Wildman–Crippen MR) is 79.2 cm³/mol. The third-order valence-electron chi connectivity index (χ3n) is 4.16. The van der Waals surface area contributed by atoms with Crippen LogP contribution in [0, 0.1) is 0 Å². The highest BCUT2D eigenvalue weighted by molar-refractivity contribution is 5.44. The highest BCUT2D eigenvalue weighted by Crippen LogP contribution is 2.32. The summed E-state index contributed by atoms with van der Waals surface area (Å²) in [5, 5.41) is 0. The van der Waals surface area contributed by atoms with Gasteiger partial charge in [0.25, 0.3) is 0 Å². The van der Waals surface area contributed by atoms with Crippen molar-refractivity contribution in [2.75, 3.05) is 33.0 Å². The molecule has 1 fully saturated rings. The number of rotatable bonds is 2. The van der Waals surface area contributed by atoms with E-state index in [0.29, 0.717) is 6.79 Å². The van der Waals surface area contributed by atoms with E-state index in [9.17, 15) is 0 Å². The molecule has 2 aliphatic rings. The Morgan fingerprint density at radius 1 is 1.00 bits per heavy atom. The number of hydrogen-bond acceptors (Lipinski definition) is 4. The average Bonchev–Trinajstić information content (AvgIpc) is 2.86. The molecule has 4 nitrogen and oxygen atoms in total. The van der Waals surface area contributed by atoms with Crippen LogP contribution in [0.3, 0.4) is 0 Å². The lowest BCUT2D eigenvalue weighted by Gasteiger charge is -2.42. The first-order chi connectivity index (χ1) is 9.52. The standard InChI is InChI=1S/C16H24N2O2/c1-16(2,3)18-8-6-17(7-9-18)11-13-4-5-14-15(10-13)20-12-19-14/h4-5,10H,6-9,11-12H2,1-3H3. The molecule has 4 heteroatoms. The molecule has 0 atom stereocenters. The number of fused-ring (bicyclic) bond motifs is 1. The molecule has 1 aromatic carbocycles. The second-order valence-corrected chi connectivity index (χ2v) is 6.62. The first kappa shape index (κ1) is 13.7. The molecule has 0 saturated carbocycles. The second kappa shape index (κ2) is 5.26. The van der Waals surface area contributed by atoms with Crippen LogP contribution in [0.2, 0.25) is 0 Å². The van der Waals surface area contributed by atoms with Crippen molar-refractivity contribution < 1.29 is 9.47 Å². The molecule has 110 valence electrons. The van der Waals surface area contributed by atoms with E-state index in [0.717, 1.165) is 44.2 Å². The van der Waals surface area contributed by atoms with Crippen LogP contribution >= 0.6 is 0 Å². The van der Waals surface area contributed by atoms with Crippen molar-refractivity contribution in [3.8, 4) is 11.5 Å². The summed E-state index contributed by atoms with van der Waals surface area (Å²) >= 11 is 0. The molecule has 2 aliphatic heterocycles. The minimum atomic E-state index is 0.283. The Kier molecular flexibility index (Phi) is 3.61. The summed E-state index contributed by atoms with van der Waals surface area (Å²) in [5.41, 5.74) is 1.59. The predicted octanol–water partition coefficient (Wildman–Crippen LogP) is 2.33. The van der Waals surface area contributed by atoms with E-state index in [1.165, 1.54) is 5.56 Å². The maximum atomic E-state index is 5.44. The number of nitrogens with zero attached hydrogens (tertiary/aromatic N) is 2. The van der Waals surface area contributed by atoms with E-state index >= 15 is 0 Å². The van der Waals surface area contributed by atoms with Crippen molar-refractivity contribution in [3.05, 3.63) is 23.8 Å². The second-order valence-electron chi connectivity index (χ2n) is 6.62. The summed E-state index contributed by atoms with van der Waals surface area (Å²) in [7, 11) is 0. The van der Waals surface area contributed by atoms with Crippen molar-refractivity contribution in [2.45, 2.75) is 32.9 Å². The van der Waals surface area contributed by atoms with Crippen LogP contribution in [-0.2, 0) is 6.54 Å². The van der Waals surface area contributed by atoms with E-state index in [2.05, 4.69) is 42.7 Å². The summed E-state index contributed by atoms with van der Waals surface area (Å²) in [5.74, 6) is 1.75. The molecule has 0 radical (unpaired) electrons. The van der Waals surface area contributed by atoms with Crippen LogP contribution in [0.1, 0.15) is 26.3 Å². The molecular weight excluding hydrogens is 252 g/mol. The highest BCUT2D eigenvalue weighted by Gasteiger charge is 2.25. The summed E-state index contributed by atoms with van der Waals surface area (Å²) in [6, 6.07) is 6.27. The largest absolute Gasteiger partial charge is 0.454 e. The number of benzene rings is 1. The van der Waals surface area contributed by atoms with E-state index in [-0.39, 0.29) is 5.54 Å². The monoisotopic (exact) mass is 276 g/mol. The molecule has 20 heavy (non-hydrogen) atoms. The lowest BCUT2D eigenvalue weighted by atomic mass is 10.0. The summed E-state index contributed by atoms with van der Waals surface area (Å²) in [6.45, 7) is 12.8. The molecule has 0 amide bonds. The van der Waals surface area contributed by atoms with Gasteiger partial charge in [0.2, 0.25) is 6.79 Å². The summed E-state index contributed by atoms with van der Waals surface area (Å²) in [4.78, 5) is 5.07. The van der Waals surface area contributed by atoms with E-state index in [1.807, 2.05) is 6.07 Å². The van der Waals surface area contributed by atoms with Crippen molar-refractivity contribution in [1.82, 2.24) is 9.80 Å². The van der Waals surface area contributed by atoms with Gasteiger partial charge in [0, 0.05) is 38.3 Å². The van der Waals surface area contributed by atoms with Gasteiger partial charge in [0.1, 0.15) is 0 Å². The van der Waals surface area contributed by atoms with Crippen LogP contribution in [0.25, 0.3) is 0 Å². The third kappa shape index (κ3) is 2.91. The zero-order chi connectivity index (χ0) is 14.2. The smallest absolute Gasteiger partial charge is 0.231 e. The van der Waals surface area contributed by atoms with Crippen molar-refractivity contribution in [3.63, 3.8) is 0 Å². The van der Waals surface area contributed by atoms with Gasteiger partial charge in [-0.2, -0.15) is 0 Å². The Balaban J connectivity index is 1.57.